The maximum absolute atomic E-state index is 12.9. The normalized spacial score (nSPS) is 13.8. The first-order valence-corrected chi connectivity index (χ1v) is 11.0. The largest absolute Gasteiger partial charge is 0.438 e. The molecule has 2 aromatic carbocycles. The van der Waals surface area contributed by atoms with Crippen LogP contribution in [0.5, 0.6) is 11.6 Å². The fraction of sp³-hybridized carbons (Fsp3) is 0.192. The van der Waals surface area contributed by atoms with Gasteiger partial charge in [-0.3, -0.25) is 14.6 Å². The van der Waals surface area contributed by atoms with E-state index in [-0.39, 0.29) is 11.8 Å². The number of aryl methyl sites for hydroxylation is 2. The molecule has 0 atom stereocenters. The van der Waals surface area contributed by atoms with Gasteiger partial charge in [-0.25, -0.2) is 9.97 Å². The van der Waals surface area contributed by atoms with Crippen LogP contribution < -0.4 is 15.4 Å². The number of anilines is 2. The minimum Gasteiger partial charge on any atom is -0.438 e. The molecule has 8 nitrogen and oxygen atoms in total. The molecule has 1 aliphatic rings. The highest BCUT2D eigenvalue weighted by molar-refractivity contribution is 6.16. The summed E-state index contributed by atoms with van der Waals surface area (Å²) in [6.07, 6.45) is 4.15. The highest BCUT2D eigenvalue weighted by atomic mass is 16.5. The second kappa shape index (κ2) is 8.55. The zero-order valence-corrected chi connectivity index (χ0v) is 18.8. The second-order valence-electron chi connectivity index (χ2n) is 8.50. The van der Waals surface area contributed by atoms with Gasteiger partial charge in [-0.15, -0.1) is 0 Å². The number of carbonyl (C=O) groups excluding carboxylic acids is 2. The average Bonchev–Trinajstić information content (AvgIpc) is 3.65. The molecule has 4 aromatic rings. The van der Waals surface area contributed by atoms with Crippen molar-refractivity contribution < 1.29 is 14.3 Å². The van der Waals surface area contributed by atoms with Crippen molar-refractivity contribution in [1.82, 2.24) is 15.0 Å². The predicted octanol–water partition coefficient (Wildman–Crippen LogP) is 4.79. The fourth-order valence-corrected chi connectivity index (χ4v) is 3.66. The van der Waals surface area contributed by atoms with Crippen LogP contribution in [0.1, 0.15) is 24.1 Å². The third kappa shape index (κ3) is 4.30. The zero-order valence-electron chi connectivity index (χ0n) is 18.8. The van der Waals surface area contributed by atoms with Gasteiger partial charge in [0.05, 0.1) is 17.1 Å². The minimum atomic E-state index is -1.04. The summed E-state index contributed by atoms with van der Waals surface area (Å²) >= 11 is 0. The molecule has 0 bridgehead atoms. The molecule has 170 valence electrons. The standard InChI is InChI=1S/C26H23N5O3/c1-16-3-5-18(6-4-16)30-24(32)26(11-12-26)25(33)31-19-7-9-20(10-8-19)34-23-21-13-17(2)27-14-22(21)28-15-29-23/h3-10,13-15H,11-12H2,1-2H3,(H,30,32)(H,31,33). The number of fused-ring (bicyclic) bond motifs is 1. The van der Waals surface area contributed by atoms with Crippen LogP contribution in [0.4, 0.5) is 11.4 Å². The Bertz CT molecular complexity index is 1380. The van der Waals surface area contributed by atoms with Gasteiger partial charge in [0.25, 0.3) is 0 Å². The van der Waals surface area contributed by atoms with Crippen molar-refractivity contribution in [2.45, 2.75) is 26.7 Å². The molecule has 0 spiro atoms. The summed E-state index contributed by atoms with van der Waals surface area (Å²) in [5.74, 6) is 0.396. The van der Waals surface area contributed by atoms with Crippen molar-refractivity contribution >= 4 is 34.1 Å². The van der Waals surface area contributed by atoms with E-state index in [2.05, 4.69) is 25.6 Å². The Morgan fingerprint density at radius 2 is 1.47 bits per heavy atom. The lowest BCUT2D eigenvalue weighted by Crippen LogP contribution is -2.35. The maximum atomic E-state index is 12.9. The Kier molecular flexibility index (Phi) is 5.41. The topological polar surface area (TPSA) is 106 Å². The van der Waals surface area contributed by atoms with Gasteiger partial charge in [-0.1, -0.05) is 17.7 Å². The van der Waals surface area contributed by atoms with E-state index in [4.69, 9.17) is 4.74 Å². The lowest BCUT2D eigenvalue weighted by atomic mass is 10.0. The molecular formula is C26H23N5O3. The molecule has 2 heterocycles. The van der Waals surface area contributed by atoms with Crippen LogP contribution in [0.2, 0.25) is 0 Å². The molecule has 5 rings (SSSR count). The summed E-state index contributed by atoms with van der Waals surface area (Å²) < 4.78 is 5.94. The number of ether oxygens (including phenoxy) is 1. The summed E-state index contributed by atoms with van der Waals surface area (Å²) in [5, 5.41) is 6.48. The first-order valence-electron chi connectivity index (χ1n) is 11.0. The molecule has 34 heavy (non-hydrogen) atoms. The molecule has 2 amide bonds. The Morgan fingerprint density at radius 3 is 2.09 bits per heavy atom. The van der Waals surface area contributed by atoms with Gasteiger partial charge in [-0.05, 0) is 69.2 Å². The Hall–Kier alpha value is -4.33. The highest BCUT2D eigenvalue weighted by Crippen LogP contribution is 2.47. The van der Waals surface area contributed by atoms with E-state index in [9.17, 15) is 9.59 Å². The molecule has 2 aromatic heterocycles. The Morgan fingerprint density at radius 1 is 0.853 bits per heavy atom. The molecule has 1 aliphatic carbocycles. The zero-order chi connectivity index (χ0) is 23.7. The smallest absolute Gasteiger partial charge is 0.240 e. The van der Waals surface area contributed by atoms with E-state index >= 15 is 0 Å². The van der Waals surface area contributed by atoms with Crippen LogP contribution in [0.15, 0.2) is 67.1 Å². The monoisotopic (exact) mass is 453 g/mol. The maximum Gasteiger partial charge on any atom is 0.240 e. The van der Waals surface area contributed by atoms with Gasteiger partial charge >= 0.3 is 0 Å². The SMILES string of the molecule is Cc1ccc(NC(=O)C2(C(=O)Nc3ccc(Oc4ncnc5cnc(C)cc45)cc3)CC2)cc1. The first kappa shape index (κ1) is 21.5. The quantitative estimate of drug-likeness (QED) is 0.407. The summed E-state index contributed by atoms with van der Waals surface area (Å²) in [7, 11) is 0. The lowest BCUT2D eigenvalue weighted by Gasteiger charge is -2.16. The van der Waals surface area contributed by atoms with Crippen LogP contribution >= 0.6 is 0 Å². The van der Waals surface area contributed by atoms with E-state index in [1.54, 1.807) is 30.5 Å². The number of nitrogens with zero attached hydrogens (tertiary/aromatic N) is 3. The van der Waals surface area contributed by atoms with Crippen LogP contribution in [-0.4, -0.2) is 26.8 Å². The highest BCUT2D eigenvalue weighted by Gasteiger charge is 2.56. The van der Waals surface area contributed by atoms with Crippen molar-refractivity contribution in [3.63, 3.8) is 0 Å². The van der Waals surface area contributed by atoms with E-state index in [0.29, 0.717) is 41.4 Å². The van der Waals surface area contributed by atoms with Crippen molar-refractivity contribution in [2.24, 2.45) is 5.41 Å². The van der Waals surface area contributed by atoms with Gasteiger partial charge in [0.15, 0.2) is 0 Å². The summed E-state index contributed by atoms with van der Waals surface area (Å²) in [6, 6.07) is 16.3. The number of pyridine rings is 1. The number of nitrogens with one attached hydrogen (secondary N) is 2. The van der Waals surface area contributed by atoms with E-state index in [1.807, 2.05) is 44.2 Å². The predicted molar refractivity (Wildman–Crippen MR) is 129 cm³/mol. The number of hydrogen-bond donors (Lipinski definition) is 2. The summed E-state index contributed by atoms with van der Waals surface area (Å²) in [5.41, 5.74) is 2.86. The molecule has 2 N–H and O–H groups in total. The Balaban J connectivity index is 1.25. The minimum absolute atomic E-state index is 0.283. The molecule has 0 unspecified atom stereocenters. The molecule has 1 fully saturated rings. The van der Waals surface area contributed by atoms with Gasteiger partial charge in [0.2, 0.25) is 17.7 Å². The third-order valence-corrected chi connectivity index (χ3v) is 5.88. The lowest BCUT2D eigenvalue weighted by molar-refractivity contribution is -0.131. The van der Waals surface area contributed by atoms with Gasteiger partial charge in [0.1, 0.15) is 17.5 Å². The van der Waals surface area contributed by atoms with Crippen molar-refractivity contribution in [1.29, 1.82) is 0 Å². The van der Waals surface area contributed by atoms with Gasteiger partial charge < -0.3 is 15.4 Å². The number of carbonyl (C=O) groups is 2. The van der Waals surface area contributed by atoms with E-state index in [1.165, 1.54) is 6.33 Å². The fourth-order valence-electron chi connectivity index (χ4n) is 3.66. The number of benzene rings is 2. The van der Waals surface area contributed by atoms with Crippen LogP contribution in [0.3, 0.4) is 0 Å². The summed E-state index contributed by atoms with van der Waals surface area (Å²) in [4.78, 5) is 38.4. The number of hydrogen-bond acceptors (Lipinski definition) is 6. The molecule has 0 radical (unpaired) electrons. The number of aromatic nitrogens is 3. The third-order valence-electron chi connectivity index (χ3n) is 5.88. The van der Waals surface area contributed by atoms with Crippen molar-refractivity contribution in [3.05, 3.63) is 78.4 Å². The second-order valence-corrected chi connectivity index (χ2v) is 8.50. The Labute approximate surface area is 196 Å². The van der Waals surface area contributed by atoms with Crippen molar-refractivity contribution in [2.75, 3.05) is 10.6 Å². The molecule has 8 heteroatoms. The van der Waals surface area contributed by atoms with Gasteiger partial charge in [0, 0.05) is 17.1 Å². The summed E-state index contributed by atoms with van der Waals surface area (Å²) in [6.45, 7) is 3.87. The van der Waals surface area contributed by atoms with Crippen LogP contribution in [-0.2, 0) is 9.59 Å². The molecular weight excluding hydrogens is 430 g/mol. The van der Waals surface area contributed by atoms with E-state index < -0.39 is 5.41 Å². The first-order chi connectivity index (χ1) is 16.4. The number of amides is 2. The number of rotatable bonds is 6. The van der Waals surface area contributed by atoms with Crippen molar-refractivity contribution in [3.8, 4) is 11.6 Å². The van der Waals surface area contributed by atoms with E-state index in [0.717, 1.165) is 16.6 Å². The van der Waals surface area contributed by atoms with Crippen LogP contribution in [0, 0.1) is 19.3 Å². The molecule has 1 saturated carbocycles. The van der Waals surface area contributed by atoms with Gasteiger partial charge in [-0.2, -0.15) is 0 Å². The average molecular weight is 454 g/mol. The molecule has 0 aliphatic heterocycles. The van der Waals surface area contributed by atoms with Crippen LogP contribution in [0.25, 0.3) is 10.9 Å². The molecule has 0 saturated heterocycles.